The molecule has 9 heteroatoms. The Bertz CT molecular complexity index is 1050. The van der Waals surface area contributed by atoms with Gasteiger partial charge in [-0.15, -0.1) is 21.5 Å². The highest BCUT2D eigenvalue weighted by Gasteiger charge is 2.24. The summed E-state index contributed by atoms with van der Waals surface area (Å²) in [7, 11) is 0. The van der Waals surface area contributed by atoms with Crippen molar-refractivity contribution in [2.45, 2.75) is 50.2 Å². The second-order valence-corrected chi connectivity index (χ2v) is 9.85. The van der Waals surface area contributed by atoms with E-state index >= 15 is 0 Å². The lowest BCUT2D eigenvalue weighted by atomic mass is 9.95. The molecular weight excluding hydrogens is 450 g/mol. The van der Waals surface area contributed by atoms with Crippen molar-refractivity contribution in [1.29, 1.82) is 0 Å². The van der Waals surface area contributed by atoms with E-state index in [0.29, 0.717) is 11.1 Å². The van der Waals surface area contributed by atoms with Gasteiger partial charge in [-0.2, -0.15) is 5.10 Å². The summed E-state index contributed by atoms with van der Waals surface area (Å²) in [6.07, 6.45) is 7.55. The SMILES string of the molecule is Cc1ccsc1C=NNC(=O)CSc1nnc(-c2ccc(Cl)cc2)n1C1CCCCC1. The number of carbonyl (C=O) groups is 1. The molecule has 0 atom stereocenters. The lowest BCUT2D eigenvalue weighted by molar-refractivity contribution is -0.118. The first-order chi connectivity index (χ1) is 15.1. The molecule has 1 aliphatic carbocycles. The molecule has 1 aliphatic rings. The zero-order valence-corrected chi connectivity index (χ0v) is 19.6. The fourth-order valence-corrected chi connectivity index (χ4v) is 5.39. The summed E-state index contributed by atoms with van der Waals surface area (Å²) in [5.74, 6) is 0.894. The minimum absolute atomic E-state index is 0.165. The van der Waals surface area contributed by atoms with Gasteiger partial charge < -0.3 is 0 Å². The molecule has 1 saturated carbocycles. The van der Waals surface area contributed by atoms with Crippen molar-refractivity contribution in [3.63, 3.8) is 0 Å². The molecule has 0 spiro atoms. The maximum absolute atomic E-state index is 12.3. The Balaban J connectivity index is 1.47. The molecule has 0 radical (unpaired) electrons. The van der Waals surface area contributed by atoms with Gasteiger partial charge in [0.05, 0.1) is 12.0 Å². The van der Waals surface area contributed by atoms with Crippen LogP contribution in [0.2, 0.25) is 5.02 Å². The highest BCUT2D eigenvalue weighted by molar-refractivity contribution is 7.99. The summed E-state index contributed by atoms with van der Waals surface area (Å²) >= 11 is 9.05. The van der Waals surface area contributed by atoms with Gasteiger partial charge in [0.1, 0.15) is 0 Å². The Morgan fingerprint density at radius 1 is 1.26 bits per heavy atom. The lowest BCUT2D eigenvalue weighted by Crippen LogP contribution is -2.20. The highest BCUT2D eigenvalue weighted by atomic mass is 35.5. The van der Waals surface area contributed by atoms with Crippen LogP contribution in [-0.4, -0.2) is 32.6 Å². The van der Waals surface area contributed by atoms with Crippen LogP contribution in [0.15, 0.2) is 46.0 Å². The van der Waals surface area contributed by atoms with Crippen molar-refractivity contribution in [3.8, 4) is 11.4 Å². The molecule has 2 aromatic heterocycles. The fourth-order valence-electron chi connectivity index (χ4n) is 3.68. The van der Waals surface area contributed by atoms with E-state index in [-0.39, 0.29) is 11.7 Å². The first-order valence-corrected chi connectivity index (χ1v) is 12.6. The number of halogens is 1. The van der Waals surface area contributed by atoms with Gasteiger partial charge >= 0.3 is 0 Å². The van der Waals surface area contributed by atoms with Crippen molar-refractivity contribution in [3.05, 3.63) is 51.2 Å². The number of thiophene rings is 1. The number of carbonyl (C=O) groups excluding carboxylic acids is 1. The third-order valence-corrected chi connectivity index (χ3v) is 7.46. The van der Waals surface area contributed by atoms with E-state index in [4.69, 9.17) is 11.6 Å². The first kappa shape index (κ1) is 22.0. The summed E-state index contributed by atoms with van der Waals surface area (Å²) in [5.41, 5.74) is 4.73. The summed E-state index contributed by atoms with van der Waals surface area (Å²) < 4.78 is 2.21. The molecule has 1 aromatic carbocycles. The van der Waals surface area contributed by atoms with Gasteiger partial charge in [0, 0.05) is 21.5 Å². The smallest absolute Gasteiger partial charge is 0.250 e. The molecule has 1 fully saturated rings. The first-order valence-electron chi connectivity index (χ1n) is 10.3. The van der Waals surface area contributed by atoms with Crippen LogP contribution in [0.25, 0.3) is 11.4 Å². The number of rotatable bonds is 7. The Morgan fingerprint density at radius 2 is 2.03 bits per heavy atom. The Hall–Kier alpha value is -2.16. The zero-order valence-electron chi connectivity index (χ0n) is 17.3. The standard InChI is InChI=1S/C22H24ClN5OS2/c1-15-11-12-30-19(15)13-24-25-20(29)14-31-22-27-26-21(16-7-9-17(23)10-8-16)28(22)18-5-3-2-4-6-18/h7-13,18H,2-6,14H2,1H3,(H,25,29). The molecular formula is C22H24ClN5OS2. The number of amides is 1. The molecule has 3 aromatic rings. The molecule has 0 aliphatic heterocycles. The number of benzene rings is 1. The van der Waals surface area contributed by atoms with E-state index < -0.39 is 0 Å². The quantitative estimate of drug-likeness (QED) is 0.271. The van der Waals surface area contributed by atoms with Crippen LogP contribution in [0.4, 0.5) is 0 Å². The average molecular weight is 474 g/mol. The van der Waals surface area contributed by atoms with Crippen molar-refractivity contribution in [1.82, 2.24) is 20.2 Å². The average Bonchev–Trinajstić information content (AvgIpc) is 3.39. The van der Waals surface area contributed by atoms with Gasteiger partial charge in [-0.25, -0.2) is 5.43 Å². The fraction of sp³-hybridized carbons (Fsp3) is 0.364. The Kier molecular flexibility index (Phi) is 7.42. The number of aromatic nitrogens is 3. The minimum Gasteiger partial charge on any atom is -0.299 e. The summed E-state index contributed by atoms with van der Waals surface area (Å²) in [5, 5.41) is 16.4. The largest absolute Gasteiger partial charge is 0.299 e. The molecule has 2 heterocycles. The second-order valence-electron chi connectivity index (χ2n) is 7.52. The van der Waals surface area contributed by atoms with Crippen molar-refractivity contribution >= 4 is 46.8 Å². The van der Waals surface area contributed by atoms with Crippen LogP contribution in [0.1, 0.15) is 48.6 Å². The van der Waals surface area contributed by atoms with Crippen LogP contribution in [0.3, 0.4) is 0 Å². The van der Waals surface area contributed by atoms with Crippen molar-refractivity contribution in [2.75, 3.05) is 5.75 Å². The van der Waals surface area contributed by atoms with Gasteiger partial charge in [0.15, 0.2) is 11.0 Å². The molecule has 31 heavy (non-hydrogen) atoms. The molecule has 0 saturated heterocycles. The number of nitrogens with zero attached hydrogens (tertiary/aromatic N) is 4. The maximum Gasteiger partial charge on any atom is 0.250 e. The normalized spacial score (nSPS) is 14.9. The van der Waals surface area contributed by atoms with Crippen molar-refractivity contribution < 1.29 is 4.79 Å². The number of hydrazone groups is 1. The maximum atomic E-state index is 12.3. The topological polar surface area (TPSA) is 72.2 Å². The molecule has 1 amide bonds. The summed E-state index contributed by atoms with van der Waals surface area (Å²) in [4.78, 5) is 13.4. The number of nitrogens with one attached hydrogen (secondary N) is 1. The molecule has 4 rings (SSSR count). The van der Waals surface area contributed by atoms with E-state index in [1.807, 2.05) is 42.6 Å². The van der Waals surface area contributed by atoms with Gasteiger partial charge in [-0.05, 0) is 61.0 Å². The van der Waals surface area contributed by atoms with Gasteiger partial charge in [-0.1, -0.05) is 42.6 Å². The monoisotopic (exact) mass is 473 g/mol. The number of aryl methyl sites for hydroxylation is 1. The number of hydrogen-bond donors (Lipinski definition) is 1. The molecule has 1 N–H and O–H groups in total. The molecule has 6 nitrogen and oxygen atoms in total. The highest BCUT2D eigenvalue weighted by Crippen LogP contribution is 2.35. The predicted molar refractivity (Wildman–Crippen MR) is 128 cm³/mol. The Labute approximate surface area is 195 Å². The number of hydrogen-bond acceptors (Lipinski definition) is 6. The lowest BCUT2D eigenvalue weighted by Gasteiger charge is -2.25. The van der Waals surface area contributed by atoms with Crippen LogP contribution in [0.5, 0.6) is 0 Å². The third kappa shape index (κ3) is 5.56. The van der Waals surface area contributed by atoms with Crippen molar-refractivity contribution in [2.24, 2.45) is 5.10 Å². The van der Waals surface area contributed by atoms with E-state index in [1.165, 1.54) is 31.0 Å². The van der Waals surface area contributed by atoms with Crippen LogP contribution >= 0.6 is 34.7 Å². The second kappa shape index (κ2) is 10.4. The molecule has 0 unspecified atom stereocenters. The van der Waals surface area contributed by atoms with Gasteiger partial charge in [-0.3, -0.25) is 9.36 Å². The summed E-state index contributed by atoms with van der Waals surface area (Å²) in [6.45, 7) is 2.02. The molecule has 162 valence electrons. The van der Waals surface area contributed by atoms with E-state index in [0.717, 1.165) is 39.8 Å². The summed E-state index contributed by atoms with van der Waals surface area (Å²) in [6, 6.07) is 10.0. The van der Waals surface area contributed by atoms with Gasteiger partial charge in [0.2, 0.25) is 0 Å². The van der Waals surface area contributed by atoms with Crippen LogP contribution < -0.4 is 5.43 Å². The van der Waals surface area contributed by atoms with E-state index in [1.54, 1.807) is 17.6 Å². The van der Waals surface area contributed by atoms with E-state index in [9.17, 15) is 4.79 Å². The van der Waals surface area contributed by atoms with E-state index in [2.05, 4.69) is 25.3 Å². The van der Waals surface area contributed by atoms with Gasteiger partial charge in [0.25, 0.3) is 5.91 Å². The predicted octanol–water partition coefficient (Wildman–Crippen LogP) is 5.72. The van der Waals surface area contributed by atoms with Crippen LogP contribution in [0, 0.1) is 6.92 Å². The number of thioether (sulfide) groups is 1. The Morgan fingerprint density at radius 3 is 2.74 bits per heavy atom. The third-order valence-electron chi connectivity index (χ3n) is 5.31. The minimum atomic E-state index is -0.165. The molecule has 0 bridgehead atoms. The van der Waals surface area contributed by atoms with Crippen LogP contribution in [-0.2, 0) is 4.79 Å². The zero-order chi connectivity index (χ0) is 21.6.